The Kier molecular flexibility index (Phi) is 5.65. The topological polar surface area (TPSA) is 123 Å². The van der Waals surface area contributed by atoms with Crippen molar-refractivity contribution in [1.82, 2.24) is 14.6 Å². The monoisotopic (exact) mass is 433 g/mol. The van der Waals surface area contributed by atoms with Crippen LogP contribution in [0, 0.1) is 12.7 Å². The molecule has 0 bridgehead atoms. The second-order valence-corrected chi connectivity index (χ2v) is 7.29. The van der Waals surface area contributed by atoms with Gasteiger partial charge >= 0.3 is 5.97 Å². The van der Waals surface area contributed by atoms with Crippen molar-refractivity contribution in [2.45, 2.75) is 19.9 Å². The molecule has 0 fully saturated rings. The Hall–Kier alpha value is -4.11. The highest BCUT2D eigenvalue weighted by Gasteiger charge is 2.20. The molecule has 9 heteroatoms. The number of anilines is 1. The van der Waals surface area contributed by atoms with Gasteiger partial charge in [-0.1, -0.05) is 24.3 Å². The highest BCUT2D eigenvalue weighted by Crippen LogP contribution is 2.24. The highest BCUT2D eigenvalue weighted by molar-refractivity contribution is 6.08. The van der Waals surface area contributed by atoms with Crippen molar-refractivity contribution in [2.75, 3.05) is 5.32 Å². The van der Waals surface area contributed by atoms with Crippen molar-refractivity contribution in [3.63, 3.8) is 0 Å². The average Bonchev–Trinajstić information content (AvgIpc) is 3.23. The van der Waals surface area contributed by atoms with Crippen LogP contribution < -0.4 is 11.1 Å². The van der Waals surface area contributed by atoms with E-state index in [0.29, 0.717) is 22.3 Å². The maximum absolute atomic E-state index is 14.9. The van der Waals surface area contributed by atoms with Crippen molar-refractivity contribution in [3.05, 3.63) is 82.9 Å². The van der Waals surface area contributed by atoms with Crippen LogP contribution in [0.15, 0.2) is 54.7 Å². The van der Waals surface area contributed by atoms with E-state index in [0.717, 1.165) is 5.56 Å². The predicted molar refractivity (Wildman–Crippen MR) is 117 cm³/mol. The number of hydrogen-bond acceptors (Lipinski definition) is 5. The van der Waals surface area contributed by atoms with Crippen molar-refractivity contribution >= 4 is 23.1 Å². The molecule has 162 valence electrons. The third-order valence-corrected chi connectivity index (χ3v) is 5.00. The molecule has 0 aliphatic carbocycles. The van der Waals surface area contributed by atoms with Gasteiger partial charge in [-0.25, -0.2) is 13.9 Å². The molecule has 4 aromatic rings. The van der Waals surface area contributed by atoms with Gasteiger partial charge in [0.2, 0.25) is 0 Å². The summed E-state index contributed by atoms with van der Waals surface area (Å²) in [7, 11) is 0. The Morgan fingerprint density at radius 2 is 1.97 bits per heavy atom. The third-order valence-electron chi connectivity index (χ3n) is 5.00. The van der Waals surface area contributed by atoms with Crippen LogP contribution in [0.5, 0.6) is 0 Å². The van der Waals surface area contributed by atoms with E-state index < -0.39 is 17.7 Å². The first-order valence-electron chi connectivity index (χ1n) is 9.83. The fourth-order valence-corrected chi connectivity index (χ4v) is 3.43. The molecule has 0 radical (unpaired) electrons. The zero-order valence-corrected chi connectivity index (χ0v) is 17.2. The number of aromatic nitrogens is 3. The Balaban J connectivity index is 1.79. The standard InChI is InChI=1S/C23H20FN5O3/c1-13-7-8-14(11-19(30)31)17(10-13)26-23(32)21-18-6-3-9-29(18)28-22(27-21)16-5-2-4-15(12-25)20(16)24/h2-10H,11-12,25H2,1H3,(H,26,32)(H,30,31). The molecule has 0 aliphatic heterocycles. The van der Waals surface area contributed by atoms with E-state index >= 15 is 0 Å². The number of hydrogen-bond donors (Lipinski definition) is 3. The molecule has 0 unspecified atom stereocenters. The first kappa shape index (κ1) is 21.1. The minimum absolute atomic E-state index is 0.0124. The maximum atomic E-state index is 14.9. The molecule has 2 aromatic heterocycles. The van der Waals surface area contributed by atoms with Gasteiger partial charge in [-0.3, -0.25) is 9.59 Å². The number of halogens is 1. The molecule has 0 atom stereocenters. The number of carbonyl (C=O) groups excluding carboxylic acids is 1. The number of aryl methyl sites for hydroxylation is 1. The molecular weight excluding hydrogens is 413 g/mol. The van der Waals surface area contributed by atoms with E-state index in [1.807, 2.05) is 6.92 Å². The van der Waals surface area contributed by atoms with Gasteiger partial charge in [0, 0.05) is 24.0 Å². The summed E-state index contributed by atoms with van der Waals surface area (Å²) in [6, 6.07) is 13.2. The molecule has 0 spiro atoms. The Morgan fingerprint density at radius 1 is 1.16 bits per heavy atom. The molecule has 2 aromatic carbocycles. The summed E-state index contributed by atoms with van der Waals surface area (Å²) in [5, 5.41) is 16.3. The van der Waals surface area contributed by atoms with E-state index in [4.69, 9.17) is 5.73 Å². The molecule has 32 heavy (non-hydrogen) atoms. The fourth-order valence-electron chi connectivity index (χ4n) is 3.43. The van der Waals surface area contributed by atoms with Crippen LogP contribution in [0.2, 0.25) is 0 Å². The summed E-state index contributed by atoms with van der Waals surface area (Å²) in [6.45, 7) is 1.85. The molecule has 2 heterocycles. The summed E-state index contributed by atoms with van der Waals surface area (Å²) in [5.41, 5.74) is 8.17. The van der Waals surface area contributed by atoms with Gasteiger partial charge in [-0.2, -0.15) is 0 Å². The van der Waals surface area contributed by atoms with Crippen molar-refractivity contribution in [1.29, 1.82) is 0 Å². The molecule has 0 aliphatic rings. The van der Waals surface area contributed by atoms with Gasteiger partial charge < -0.3 is 16.2 Å². The number of carboxylic acids is 1. The number of nitrogens with one attached hydrogen (secondary N) is 1. The predicted octanol–water partition coefficient (Wildman–Crippen LogP) is 3.18. The minimum atomic E-state index is -1.02. The summed E-state index contributed by atoms with van der Waals surface area (Å²) in [6.07, 6.45) is 1.38. The number of nitrogens with two attached hydrogens (primary N) is 1. The highest BCUT2D eigenvalue weighted by atomic mass is 19.1. The van der Waals surface area contributed by atoms with Crippen molar-refractivity contribution in [2.24, 2.45) is 5.73 Å². The van der Waals surface area contributed by atoms with Gasteiger partial charge in [0.25, 0.3) is 5.91 Å². The first-order valence-corrected chi connectivity index (χ1v) is 9.83. The minimum Gasteiger partial charge on any atom is -0.481 e. The van der Waals surface area contributed by atoms with Crippen LogP contribution in [-0.2, 0) is 17.8 Å². The number of aliphatic carboxylic acids is 1. The molecular formula is C23H20FN5O3. The Bertz CT molecular complexity index is 1350. The number of benzene rings is 2. The van der Waals surface area contributed by atoms with E-state index in [1.54, 1.807) is 48.7 Å². The molecule has 4 N–H and O–H groups in total. The van der Waals surface area contributed by atoms with E-state index in [-0.39, 0.29) is 30.0 Å². The number of fused-ring (bicyclic) bond motifs is 1. The van der Waals surface area contributed by atoms with Gasteiger partial charge in [0.05, 0.1) is 17.5 Å². The smallest absolute Gasteiger partial charge is 0.307 e. The second kappa shape index (κ2) is 8.56. The van der Waals surface area contributed by atoms with Crippen LogP contribution in [0.1, 0.15) is 27.2 Å². The summed E-state index contributed by atoms with van der Waals surface area (Å²) < 4.78 is 16.3. The van der Waals surface area contributed by atoms with Crippen LogP contribution in [0.25, 0.3) is 16.9 Å². The van der Waals surface area contributed by atoms with Crippen molar-refractivity contribution < 1.29 is 19.1 Å². The number of carboxylic acid groups (broad SMARTS) is 1. The maximum Gasteiger partial charge on any atom is 0.307 e. The second-order valence-electron chi connectivity index (χ2n) is 7.29. The quantitative estimate of drug-likeness (QED) is 0.429. The van der Waals surface area contributed by atoms with Gasteiger partial charge in [0.1, 0.15) is 5.82 Å². The van der Waals surface area contributed by atoms with Crippen LogP contribution in [0.3, 0.4) is 0 Å². The molecule has 8 nitrogen and oxygen atoms in total. The van der Waals surface area contributed by atoms with Crippen LogP contribution >= 0.6 is 0 Å². The normalized spacial score (nSPS) is 11.0. The van der Waals surface area contributed by atoms with E-state index in [1.165, 1.54) is 10.6 Å². The van der Waals surface area contributed by atoms with Crippen LogP contribution in [0.4, 0.5) is 10.1 Å². The third kappa shape index (κ3) is 4.06. The fraction of sp³-hybridized carbons (Fsp3) is 0.130. The van der Waals surface area contributed by atoms with Gasteiger partial charge in [-0.15, -0.1) is 5.10 Å². The van der Waals surface area contributed by atoms with Gasteiger partial charge in [0.15, 0.2) is 11.5 Å². The SMILES string of the molecule is Cc1ccc(CC(=O)O)c(NC(=O)c2nc(-c3cccc(CN)c3F)nn3cccc23)c1. The zero-order chi connectivity index (χ0) is 22.8. The molecule has 1 amide bonds. The molecule has 0 saturated heterocycles. The lowest BCUT2D eigenvalue weighted by atomic mass is 10.1. The lowest BCUT2D eigenvalue weighted by molar-refractivity contribution is -0.136. The average molecular weight is 433 g/mol. The number of carbonyl (C=O) groups is 2. The summed E-state index contributed by atoms with van der Waals surface area (Å²) in [4.78, 5) is 28.7. The number of amides is 1. The largest absolute Gasteiger partial charge is 0.481 e. The zero-order valence-electron chi connectivity index (χ0n) is 17.2. The van der Waals surface area contributed by atoms with E-state index in [9.17, 15) is 19.1 Å². The summed E-state index contributed by atoms with van der Waals surface area (Å²) in [5.74, 6) is -2.10. The Morgan fingerprint density at radius 3 is 2.72 bits per heavy atom. The summed E-state index contributed by atoms with van der Waals surface area (Å²) >= 11 is 0. The number of rotatable bonds is 6. The van der Waals surface area contributed by atoms with Crippen molar-refractivity contribution in [3.8, 4) is 11.4 Å². The molecule has 0 saturated carbocycles. The van der Waals surface area contributed by atoms with Crippen LogP contribution in [-0.4, -0.2) is 31.6 Å². The lowest BCUT2D eigenvalue weighted by Crippen LogP contribution is -2.18. The molecule has 4 rings (SSSR count). The number of nitrogens with zero attached hydrogens (tertiary/aromatic N) is 3. The Labute approximate surface area is 182 Å². The van der Waals surface area contributed by atoms with E-state index in [2.05, 4.69) is 15.4 Å². The van der Waals surface area contributed by atoms with Gasteiger partial charge in [-0.05, 0) is 42.3 Å². The lowest BCUT2D eigenvalue weighted by Gasteiger charge is -2.13. The first-order chi connectivity index (χ1) is 15.4.